The molecule has 0 saturated carbocycles. The highest BCUT2D eigenvalue weighted by atomic mass is 16.5. The molecule has 0 unspecified atom stereocenters. The molecule has 0 aliphatic carbocycles. The first-order valence-electron chi connectivity index (χ1n) is 9.64. The van der Waals surface area contributed by atoms with Gasteiger partial charge < -0.3 is 29.4 Å². The lowest BCUT2D eigenvalue weighted by Crippen LogP contribution is -2.58. The molecule has 2 aliphatic rings. The van der Waals surface area contributed by atoms with Gasteiger partial charge in [-0.15, -0.1) is 0 Å². The fourth-order valence-corrected chi connectivity index (χ4v) is 3.09. The number of carbonyl (C=O) groups excluding carboxylic acids is 4. The van der Waals surface area contributed by atoms with Crippen molar-refractivity contribution < 1.29 is 29.0 Å². The highest BCUT2D eigenvalue weighted by Crippen LogP contribution is 2.10. The van der Waals surface area contributed by atoms with Crippen LogP contribution in [0.4, 0.5) is 4.79 Å². The third-order valence-corrected chi connectivity index (χ3v) is 5.05. The highest BCUT2D eigenvalue weighted by molar-refractivity contribution is 5.82. The first kappa shape index (κ1) is 22.1. The number of aliphatic hydroxyl groups is 1. The minimum Gasteiger partial charge on any atom is -0.387 e. The Hall–Kier alpha value is -2.20. The minimum atomic E-state index is -0.515. The molecule has 10 nitrogen and oxygen atoms in total. The topological polar surface area (TPSA) is 111 Å². The molecule has 0 atom stereocenters. The van der Waals surface area contributed by atoms with Crippen molar-refractivity contribution in [1.29, 1.82) is 0 Å². The maximum Gasteiger partial charge on any atom is 0.320 e. The van der Waals surface area contributed by atoms with Crippen molar-refractivity contribution in [3.05, 3.63) is 0 Å². The lowest BCUT2D eigenvalue weighted by atomic mass is 10.1. The van der Waals surface area contributed by atoms with Gasteiger partial charge in [0.1, 0.15) is 19.8 Å². The first-order chi connectivity index (χ1) is 13.3. The number of amides is 4. The van der Waals surface area contributed by atoms with Gasteiger partial charge in [-0.3, -0.25) is 14.4 Å². The van der Waals surface area contributed by atoms with Crippen LogP contribution >= 0.6 is 0 Å². The first-order valence-corrected chi connectivity index (χ1v) is 9.64. The number of piperazine rings is 2. The van der Waals surface area contributed by atoms with E-state index in [1.165, 1.54) is 0 Å². The predicted molar refractivity (Wildman–Crippen MR) is 99.5 cm³/mol. The number of nitrogens with zero attached hydrogens (tertiary/aromatic N) is 4. The highest BCUT2D eigenvalue weighted by Gasteiger charge is 2.30. The van der Waals surface area contributed by atoms with Crippen LogP contribution in [0.1, 0.15) is 13.8 Å². The molecule has 4 amide bonds. The minimum absolute atomic E-state index is 0.0380. The Balaban J connectivity index is 1.70. The van der Waals surface area contributed by atoms with Crippen molar-refractivity contribution in [3.63, 3.8) is 0 Å². The summed E-state index contributed by atoms with van der Waals surface area (Å²) in [4.78, 5) is 54.4. The van der Waals surface area contributed by atoms with E-state index in [-0.39, 0.29) is 42.8 Å². The average molecular weight is 398 g/mol. The molecular formula is C18H30N4O6. The van der Waals surface area contributed by atoms with E-state index in [0.29, 0.717) is 52.4 Å². The summed E-state index contributed by atoms with van der Waals surface area (Å²) in [7, 11) is 0. The van der Waals surface area contributed by atoms with Crippen LogP contribution in [-0.2, 0) is 19.1 Å². The van der Waals surface area contributed by atoms with E-state index in [0.717, 1.165) is 0 Å². The summed E-state index contributed by atoms with van der Waals surface area (Å²) >= 11 is 0. The number of ketones is 1. The Morgan fingerprint density at radius 1 is 0.750 bits per heavy atom. The second kappa shape index (κ2) is 10.4. The van der Waals surface area contributed by atoms with E-state index in [1.807, 2.05) is 0 Å². The summed E-state index contributed by atoms with van der Waals surface area (Å²) in [6.45, 7) is 6.27. The Morgan fingerprint density at radius 2 is 1.18 bits per heavy atom. The molecule has 2 aliphatic heterocycles. The summed E-state index contributed by atoms with van der Waals surface area (Å²) in [6, 6.07) is -0.0954. The summed E-state index contributed by atoms with van der Waals surface area (Å²) in [5, 5.41) is 8.90. The zero-order chi connectivity index (χ0) is 20.7. The van der Waals surface area contributed by atoms with E-state index in [1.54, 1.807) is 33.4 Å². The zero-order valence-corrected chi connectivity index (χ0v) is 16.6. The van der Waals surface area contributed by atoms with Crippen LogP contribution in [0.2, 0.25) is 0 Å². The zero-order valence-electron chi connectivity index (χ0n) is 16.6. The predicted octanol–water partition coefficient (Wildman–Crippen LogP) is -1.37. The van der Waals surface area contributed by atoms with Crippen LogP contribution in [0, 0.1) is 5.92 Å². The fraction of sp³-hybridized carbons (Fsp3) is 0.778. The molecule has 2 rings (SSSR count). The Morgan fingerprint density at radius 3 is 1.61 bits per heavy atom. The van der Waals surface area contributed by atoms with Gasteiger partial charge in [-0.05, 0) is 0 Å². The number of hydrogen-bond donors (Lipinski definition) is 1. The normalized spacial score (nSPS) is 17.9. The smallest absolute Gasteiger partial charge is 0.320 e. The van der Waals surface area contributed by atoms with Gasteiger partial charge in [0.15, 0.2) is 5.78 Å². The number of carbonyl (C=O) groups is 4. The van der Waals surface area contributed by atoms with E-state index in [4.69, 9.17) is 9.84 Å². The van der Waals surface area contributed by atoms with Crippen LogP contribution in [-0.4, -0.2) is 121 Å². The molecule has 158 valence electrons. The lowest BCUT2D eigenvalue weighted by molar-refractivity contribution is -0.139. The van der Waals surface area contributed by atoms with Gasteiger partial charge in [0, 0.05) is 58.3 Å². The van der Waals surface area contributed by atoms with Crippen molar-refractivity contribution in [2.45, 2.75) is 13.8 Å². The molecule has 0 bridgehead atoms. The van der Waals surface area contributed by atoms with Gasteiger partial charge >= 0.3 is 6.03 Å². The second-order valence-electron chi connectivity index (χ2n) is 7.29. The van der Waals surface area contributed by atoms with Gasteiger partial charge in [-0.1, -0.05) is 13.8 Å². The molecule has 0 spiro atoms. The molecule has 28 heavy (non-hydrogen) atoms. The second-order valence-corrected chi connectivity index (χ2v) is 7.29. The Labute approximate surface area is 165 Å². The van der Waals surface area contributed by atoms with E-state index < -0.39 is 6.61 Å². The van der Waals surface area contributed by atoms with Crippen molar-refractivity contribution in [1.82, 2.24) is 19.6 Å². The van der Waals surface area contributed by atoms with E-state index >= 15 is 0 Å². The number of hydrogen-bond acceptors (Lipinski definition) is 6. The third-order valence-electron chi connectivity index (χ3n) is 5.05. The summed E-state index contributed by atoms with van der Waals surface area (Å²) in [5.74, 6) is -0.659. The molecule has 0 radical (unpaired) electrons. The molecule has 1 N–H and O–H groups in total. The maximum absolute atomic E-state index is 12.6. The number of rotatable bonds is 6. The van der Waals surface area contributed by atoms with Gasteiger partial charge in [0.2, 0.25) is 11.8 Å². The number of Topliss-reactive ketones (excluding diaryl/α,β-unsaturated/α-hetero) is 1. The Kier molecular flexibility index (Phi) is 8.18. The molecule has 0 aromatic rings. The molecule has 2 fully saturated rings. The number of urea groups is 1. The van der Waals surface area contributed by atoms with Crippen LogP contribution in [0.15, 0.2) is 0 Å². The molecular weight excluding hydrogens is 368 g/mol. The van der Waals surface area contributed by atoms with Crippen LogP contribution in [0.25, 0.3) is 0 Å². The molecule has 2 saturated heterocycles. The van der Waals surface area contributed by atoms with E-state index in [2.05, 4.69) is 0 Å². The number of aliphatic hydroxyl groups excluding tert-OH is 1. The fourth-order valence-electron chi connectivity index (χ4n) is 3.09. The largest absolute Gasteiger partial charge is 0.387 e. The summed E-state index contributed by atoms with van der Waals surface area (Å²) in [5.41, 5.74) is 0. The van der Waals surface area contributed by atoms with Crippen molar-refractivity contribution >= 4 is 23.6 Å². The maximum atomic E-state index is 12.6. The molecule has 0 aromatic heterocycles. The van der Waals surface area contributed by atoms with Crippen LogP contribution in [0.3, 0.4) is 0 Å². The van der Waals surface area contributed by atoms with Crippen molar-refractivity contribution in [2.24, 2.45) is 5.92 Å². The third kappa shape index (κ3) is 5.90. The molecule has 2 heterocycles. The van der Waals surface area contributed by atoms with Crippen LogP contribution < -0.4 is 0 Å². The monoisotopic (exact) mass is 398 g/mol. The SMILES string of the molecule is CC(C)C(=O)COCC(=O)N1CCN(C(=O)N2CCN(C(=O)CO)CC2)CC1. The average Bonchev–Trinajstić information content (AvgIpc) is 2.72. The summed E-state index contributed by atoms with van der Waals surface area (Å²) in [6.07, 6.45) is 0. The van der Waals surface area contributed by atoms with Gasteiger partial charge in [-0.25, -0.2) is 4.79 Å². The van der Waals surface area contributed by atoms with Gasteiger partial charge in [0.05, 0.1) is 0 Å². The quantitative estimate of drug-likeness (QED) is 0.591. The lowest BCUT2D eigenvalue weighted by Gasteiger charge is -2.40. The van der Waals surface area contributed by atoms with Gasteiger partial charge in [-0.2, -0.15) is 0 Å². The molecule has 0 aromatic carbocycles. The number of ether oxygens (including phenoxy) is 1. The Bertz CT molecular complexity index is 581. The van der Waals surface area contributed by atoms with Crippen molar-refractivity contribution in [3.8, 4) is 0 Å². The van der Waals surface area contributed by atoms with Gasteiger partial charge in [0.25, 0.3) is 0 Å². The standard InChI is InChI=1S/C18H30N4O6/c1-14(2)15(24)12-28-13-17(26)20-5-9-22(10-6-20)18(27)21-7-3-19(4-8-21)16(25)11-23/h14,23H,3-13H2,1-2H3. The summed E-state index contributed by atoms with van der Waals surface area (Å²) < 4.78 is 5.20. The van der Waals surface area contributed by atoms with Crippen LogP contribution in [0.5, 0.6) is 0 Å². The van der Waals surface area contributed by atoms with E-state index in [9.17, 15) is 19.2 Å². The van der Waals surface area contributed by atoms with Crippen molar-refractivity contribution in [2.75, 3.05) is 72.2 Å². The molecule has 10 heteroatoms.